The van der Waals surface area contributed by atoms with Gasteiger partial charge in [-0.15, -0.1) is 0 Å². The smallest absolute Gasteiger partial charge is 0.266 e. The molecule has 1 aromatic carbocycles. The van der Waals surface area contributed by atoms with Crippen LogP contribution in [-0.4, -0.2) is 9.97 Å². The van der Waals surface area contributed by atoms with Crippen LogP contribution in [0.3, 0.4) is 0 Å². The molecule has 0 radical (unpaired) electrons. The lowest BCUT2D eigenvalue weighted by Crippen LogP contribution is -2.11. The number of rotatable bonds is 2. The van der Waals surface area contributed by atoms with Crippen LogP contribution in [0.25, 0.3) is 0 Å². The summed E-state index contributed by atoms with van der Waals surface area (Å²) in [5.41, 5.74) is 5.13. The Hall–Kier alpha value is -1.75. The second kappa shape index (κ2) is 4.18. The van der Waals surface area contributed by atoms with Crippen LogP contribution in [0.2, 0.25) is 0 Å². The molecule has 15 heavy (non-hydrogen) atoms. The zero-order valence-corrected chi connectivity index (χ0v) is 8.62. The van der Waals surface area contributed by atoms with Crippen molar-refractivity contribution in [3.63, 3.8) is 0 Å². The highest BCUT2D eigenvalue weighted by atomic mass is 32.2. The number of aromatic nitrogens is 2. The number of nitrogens with zero attached hydrogens (tertiary/aromatic N) is 1. The summed E-state index contributed by atoms with van der Waals surface area (Å²) in [6.45, 7) is 0. The standard InChI is InChI=1S/C10H9N3OS/c11-10-12-6-8(9(14)13-10)15-7-4-2-1-3-5-7/h1-6H,(H3,11,12,13,14). The molecule has 0 aliphatic heterocycles. The van der Waals surface area contributed by atoms with Crippen molar-refractivity contribution in [3.05, 3.63) is 46.9 Å². The van der Waals surface area contributed by atoms with E-state index in [-0.39, 0.29) is 11.5 Å². The van der Waals surface area contributed by atoms with Gasteiger partial charge in [-0.3, -0.25) is 9.78 Å². The first-order valence-corrected chi connectivity index (χ1v) is 5.15. The van der Waals surface area contributed by atoms with Gasteiger partial charge in [-0.1, -0.05) is 30.0 Å². The Kier molecular flexibility index (Phi) is 2.73. The average molecular weight is 219 g/mol. The van der Waals surface area contributed by atoms with Gasteiger partial charge in [0.15, 0.2) is 5.95 Å². The molecule has 5 heteroatoms. The SMILES string of the molecule is Nc1ncc(Sc2ccccc2)c(=O)[nH]1. The molecule has 2 aromatic rings. The van der Waals surface area contributed by atoms with E-state index in [1.54, 1.807) is 0 Å². The summed E-state index contributed by atoms with van der Waals surface area (Å²) in [5.74, 6) is 0.136. The van der Waals surface area contributed by atoms with Gasteiger partial charge < -0.3 is 5.73 Å². The fourth-order valence-electron chi connectivity index (χ4n) is 1.09. The van der Waals surface area contributed by atoms with Crippen LogP contribution >= 0.6 is 11.8 Å². The van der Waals surface area contributed by atoms with Crippen molar-refractivity contribution in [2.75, 3.05) is 5.73 Å². The predicted molar refractivity (Wildman–Crippen MR) is 59.8 cm³/mol. The molecule has 4 nitrogen and oxygen atoms in total. The maximum Gasteiger partial charge on any atom is 0.266 e. The molecule has 0 saturated carbocycles. The van der Waals surface area contributed by atoms with E-state index < -0.39 is 0 Å². The van der Waals surface area contributed by atoms with Gasteiger partial charge in [0.1, 0.15) is 0 Å². The normalized spacial score (nSPS) is 10.1. The molecule has 0 fully saturated rings. The Morgan fingerprint density at radius 2 is 2.00 bits per heavy atom. The molecule has 0 atom stereocenters. The van der Waals surface area contributed by atoms with Crippen LogP contribution in [-0.2, 0) is 0 Å². The van der Waals surface area contributed by atoms with E-state index in [2.05, 4.69) is 9.97 Å². The summed E-state index contributed by atoms with van der Waals surface area (Å²) in [4.78, 5) is 19.3. The topological polar surface area (TPSA) is 71.8 Å². The minimum absolute atomic E-state index is 0.136. The molecule has 1 heterocycles. The van der Waals surface area contributed by atoms with Crippen molar-refractivity contribution < 1.29 is 0 Å². The van der Waals surface area contributed by atoms with Gasteiger partial charge in [-0.25, -0.2) is 4.98 Å². The highest BCUT2D eigenvalue weighted by Gasteiger charge is 2.02. The molecule has 3 N–H and O–H groups in total. The van der Waals surface area contributed by atoms with Crippen molar-refractivity contribution in [2.45, 2.75) is 9.79 Å². The summed E-state index contributed by atoms with van der Waals surface area (Å²) in [5, 5.41) is 0. The van der Waals surface area contributed by atoms with E-state index in [9.17, 15) is 4.79 Å². The van der Waals surface area contributed by atoms with Crippen LogP contribution in [0.1, 0.15) is 0 Å². The maximum atomic E-state index is 11.4. The van der Waals surface area contributed by atoms with E-state index in [0.717, 1.165) is 4.90 Å². The van der Waals surface area contributed by atoms with Crippen molar-refractivity contribution in [1.29, 1.82) is 0 Å². The molecule has 0 saturated heterocycles. The number of nitrogens with two attached hydrogens (primary N) is 1. The van der Waals surface area contributed by atoms with Crippen LogP contribution in [0, 0.1) is 0 Å². The molecule has 0 aliphatic rings. The van der Waals surface area contributed by atoms with Crippen LogP contribution in [0.5, 0.6) is 0 Å². The van der Waals surface area contributed by atoms with Gasteiger partial charge in [0.25, 0.3) is 5.56 Å². The molecule has 2 rings (SSSR count). The van der Waals surface area contributed by atoms with E-state index in [1.165, 1.54) is 18.0 Å². The van der Waals surface area contributed by atoms with Crippen molar-refractivity contribution in [3.8, 4) is 0 Å². The monoisotopic (exact) mass is 219 g/mol. The summed E-state index contributed by atoms with van der Waals surface area (Å²) < 4.78 is 0. The molecular weight excluding hydrogens is 210 g/mol. The van der Waals surface area contributed by atoms with Crippen molar-refractivity contribution in [1.82, 2.24) is 9.97 Å². The summed E-state index contributed by atoms with van der Waals surface area (Å²) >= 11 is 1.36. The third kappa shape index (κ3) is 2.38. The van der Waals surface area contributed by atoms with Gasteiger partial charge in [0, 0.05) is 4.90 Å². The summed E-state index contributed by atoms with van der Waals surface area (Å²) in [6.07, 6.45) is 1.48. The Morgan fingerprint density at radius 1 is 1.27 bits per heavy atom. The minimum atomic E-state index is -0.212. The van der Waals surface area contributed by atoms with Crippen molar-refractivity contribution in [2.24, 2.45) is 0 Å². The lowest BCUT2D eigenvalue weighted by Gasteiger charge is -1.99. The molecule has 0 unspecified atom stereocenters. The van der Waals surface area contributed by atoms with Gasteiger partial charge in [0.05, 0.1) is 11.1 Å². The zero-order valence-electron chi connectivity index (χ0n) is 7.81. The molecule has 0 spiro atoms. The lowest BCUT2D eigenvalue weighted by molar-refractivity contribution is 1.06. The number of H-pyrrole nitrogens is 1. The number of anilines is 1. The second-order valence-electron chi connectivity index (χ2n) is 2.88. The Morgan fingerprint density at radius 3 is 2.67 bits per heavy atom. The van der Waals surface area contributed by atoms with E-state index in [0.29, 0.717) is 4.90 Å². The average Bonchev–Trinajstić information content (AvgIpc) is 2.24. The first-order valence-electron chi connectivity index (χ1n) is 4.33. The fraction of sp³-hybridized carbons (Fsp3) is 0. The zero-order chi connectivity index (χ0) is 10.7. The highest BCUT2D eigenvalue weighted by molar-refractivity contribution is 7.99. The van der Waals surface area contributed by atoms with Crippen LogP contribution < -0.4 is 11.3 Å². The summed E-state index contributed by atoms with van der Waals surface area (Å²) in [6, 6.07) is 9.62. The first kappa shape index (κ1) is 9.79. The quantitative estimate of drug-likeness (QED) is 0.803. The van der Waals surface area contributed by atoms with E-state index in [1.807, 2.05) is 30.3 Å². The number of benzene rings is 1. The molecule has 0 bridgehead atoms. The Labute approximate surface area is 90.6 Å². The fourth-order valence-corrected chi connectivity index (χ4v) is 1.88. The third-order valence-electron chi connectivity index (χ3n) is 1.76. The molecule has 0 aliphatic carbocycles. The van der Waals surface area contributed by atoms with Gasteiger partial charge in [-0.05, 0) is 12.1 Å². The minimum Gasteiger partial charge on any atom is -0.369 e. The predicted octanol–water partition coefficient (Wildman–Crippen LogP) is 1.50. The van der Waals surface area contributed by atoms with Gasteiger partial charge in [-0.2, -0.15) is 0 Å². The Bertz CT molecular complexity index is 510. The second-order valence-corrected chi connectivity index (χ2v) is 3.99. The highest BCUT2D eigenvalue weighted by Crippen LogP contribution is 2.23. The van der Waals surface area contributed by atoms with Crippen LogP contribution in [0.15, 0.2) is 51.1 Å². The number of hydrogen-bond donors (Lipinski definition) is 2. The molecular formula is C10H9N3OS. The Balaban J connectivity index is 2.29. The molecule has 76 valence electrons. The summed E-state index contributed by atoms with van der Waals surface area (Å²) in [7, 11) is 0. The third-order valence-corrected chi connectivity index (χ3v) is 2.78. The van der Waals surface area contributed by atoms with Crippen LogP contribution in [0.4, 0.5) is 5.95 Å². The largest absolute Gasteiger partial charge is 0.369 e. The van der Waals surface area contributed by atoms with Gasteiger partial charge in [0.2, 0.25) is 0 Å². The van der Waals surface area contributed by atoms with E-state index in [4.69, 9.17) is 5.73 Å². The maximum absolute atomic E-state index is 11.4. The van der Waals surface area contributed by atoms with E-state index >= 15 is 0 Å². The number of aromatic amines is 1. The van der Waals surface area contributed by atoms with Crippen molar-refractivity contribution >= 4 is 17.7 Å². The number of nitrogen functional groups attached to an aromatic ring is 1. The van der Waals surface area contributed by atoms with Gasteiger partial charge >= 0.3 is 0 Å². The number of hydrogen-bond acceptors (Lipinski definition) is 4. The molecule has 1 aromatic heterocycles. The molecule has 0 amide bonds. The number of nitrogens with one attached hydrogen (secondary N) is 1. The first-order chi connectivity index (χ1) is 7.25. The lowest BCUT2D eigenvalue weighted by atomic mass is 10.4.